The Balaban J connectivity index is 4.22. The van der Waals surface area contributed by atoms with E-state index < -0.39 is 18.0 Å². The van der Waals surface area contributed by atoms with Crippen LogP contribution in [0.4, 0.5) is 0 Å². The summed E-state index contributed by atoms with van der Waals surface area (Å²) in [5.74, 6) is -0.635. The fraction of sp³-hybridized carbons (Fsp3) is 0.800. The topological polar surface area (TPSA) is 52.6 Å². The second-order valence-electron chi connectivity index (χ2n) is 3.48. The molecule has 0 aliphatic heterocycles. The SMILES string of the molecule is CCOC(=O)[C@H](CC(C)C)OC(C)=O. The van der Waals surface area contributed by atoms with Gasteiger partial charge in [0.25, 0.3) is 0 Å². The van der Waals surface area contributed by atoms with Crippen LogP contribution in [0.1, 0.15) is 34.1 Å². The van der Waals surface area contributed by atoms with Gasteiger partial charge in [0.1, 0.15) is 0 Å². The first kappa shape index (κ1) is 12.9. The summed E-state index contributed by atoms with van der Waals surface area (Å²) >= 11 is 0. The van der Waals surface area contributed by atoms with Crippen LogP contribution in [0.3, 0.4) is 0 Å². The highest BCUT2D eigenvalue weighted by Crippen LogP contribution is 2.10. The average Bonchev–Trinajstić information content (AvgIpc) is 2.01. The van der Waals surface area contributed by atoms with Gasteiger partial charge in [-0.25, -0.2) is 4.79 Å². The molecule has 0 N–H and O–H groups in total. The summed E-state index contributed by atoms with van der Waals surface area (Å²) in [6, 6.07) is 0. The van der Waals surface area contributed by atoms with Gasteiger partial charge >= 0.3 is 11.9 Å². The third-order valence-electron chi connectivity index (χ3n) is 1.54. The number of esters is 2. The largest absolute Gasteiger partial charge is 0.463 e. The molecule has 0 aromatic heterocycles. The minimum atomic E-state index is -0.757. The van der Waals surface area contributed by atoms with Crippen molar-refractivity contribution in [3.8, 4) is 0 Å². The zero-order chi connectivity index (χ0) is 11.1. The quantitative estimate of drug-likeness (QED) is 0.634. The van der Waals surface area contributed by atoms with Crippen molar-refractivity contribution in [1.82, 2.24) is 0 Å². The molecule has 82 valence electrons. The molecule has 0 saturated heterocycles. The van der Waals surface area contributed by atoms with Crippen LogP contribution in [-0.4, -0.2) is 24.6 Å². The van der Waals surface area contributed by atoms with Gasteiger partial charge in [-0.3, -0.25) is 4.79 Å². The first-order valence-corrected chi connectivity index (χ1v) is 4.81. The summed E-state index contributed by atoms with van der Waals surface area (Å²) in [6.07, 6.45) is -0.259. The Morgan fingerprint density at radius 2 is 1.86 bits per heavy atom. The predicted molar refractivity (Wildman–Crippen MR) is 51.6 cm³/mol. The lowest BCUT2D eigenvalue weighted by Crippen LogP contribution is -2.29. The number of ether oxygens (including phenoxy) is 2. The molecule has 14 heavy (non-hydrogen) atoms. The van der Waals surface area contributed by atoms with Crippen molar-refractivity contribution in [2.24, 2.45) is 5.92 Å². The Bertz CT molecular complexity index is 198. The van der Waals surface area contributed by atoms with Gasteiger partial charge in [0, 0.05) is 6.92 Å². The van der Waals surface area contributed by atoms with Crippen molar-refractivity contribution in [3.63, 3.8) is 0 Å². The lowest BCUT2D eigenvalue weighted by Gasteiger charge is -2.16. The summed E-state index contributed by atoms with van der Waals surface area (Å²) in [7, 11) is 0. The van der Waals surface area contributed by atoms with Crippen LogP contribution in [0, 0.1) is 5.92 Å². The summed E-state index contributed by atoms with van der Waals surface area (Å²) in [6.45, 7) is 7.21. The molecule has 0 spiro atoms. The highest BCUT2D eigenvalue weighted by atomic mass is 16.6. The van der Waals surface area contributed by atoms with E-state index in [1.54, 1.807) is 6.92 Å². The normalized spacial score (nSPS) is 12.4. The van der Waals surface area contributed by atoms with E-state index in [0.29, 0.717) is 13.0 Å². The molecule has 0 bridgehead atoms. The van der Waals surface area contributed by atoms with Crippen LogP contribution >= 0.6 is 0 Å². The molecule has 1 atom stereocenters. The predicted octanol–water partition coefficient (Wildman–Crippen LogP) is 1.53. The van der Waals surface area contributed by atoms with Gasteiger partial charge < -0.3 is 9.47 Å². The zero-order valence-corrected chi connectivity index (χ0v) is 9.20. The second kappa shape index (κ2) is 6.40. The van der Waals surface area contributed by atoms with Crippen molar-refractivity contribution in [2.75, 3.05) is 6.61 Å². The van der Waals surface area contributed by atoms with Gasteiger partial charge in [-0.05, 0) is 19.3 Å². The third-order valence-corrected chi connectivity index (χ3v) is 1.54. The van der Waals surface area contributed by atoms with Crippen LogP contribution in [0.2, 0.25) is 0 Å². The van der Waals surface area contributed by atoms with E-state index in [4.69, 9.17) is 9.47 Å². The van der Waals surface area contributed by atoms with Crippen LogP contribution < -0.4 is 0 Å². The maximum atomic E-state index is 11.3. The minimum absolute atomic E-state index is 0.281. The fourth-order valence-corrected chi connectivity index (χ4v) is 1.06. The second-order valence-corrected chi connectivity index (χ2v) is 3.48. The standard InChI is InChI=1S/C10H18O4/c1-5-13-10(12)9(6-7(2)3)14-8(4)11/h7,9H,5-6H2,1-4H3/t9-/m0/s1. The summed E-state index contributed by atoms with van der Waals surface area (Å²) in [5, 5.41) is 0. The van der Waals surface area contributed by atoms with Crippen LogP contribution in [0.15, 0.2) is 0 Å². The maximum Gasteiger partial charge on any atom is 0.347 e. The molecular weight excluding hydrogens is 184 g/mol. The number of carbonyl (C=O) groups is 2. The van der Waals surface area contributed by atoms with E-state index in [1.165, 1.54) is 6.92 Å². The third kappa shape index (κ3) is 5.56. The van der Waals surface area contributed by atoms with Crippen molar-refractivity contribution >= 4 is 11.9 Å². The van der Waals surface area contributed by atoms with E-state index in [1.807, 2.05) is 13.8 Å². The molecule has 0 rings (SSSR count). The lowest BCUT2D eigenvalue weighted by molar-refractivity contribution is -0.167. The molecule has 0 aromatic rings. The molecule has 4 nitrogen and oxygen atoms in total. The maximum absolute atomic E-state index is 11.3. The monoisotopic (exact) mass is 202 g/mol. The number of rotatable bonds is 5. The van der Waals surface area contributed by atoms with Gasteiger partial charge in [-0.15, -0.1) is 0 Å². The Morgan fingerprint density at radius 3 is 2.21 bits per heavy atom. The molecule has 0 amide bonds. The molecule has 0 aliphatic carbocycles. The molecule has 0 unspecified atom stereocenters. The molecule has 0 heterocycles. The van der Waals surface area contributed by atoms with E-state index in [0.717, 1.165) is 0 Å². The molecular formula is C10H18O4. The van der Waals surface area contributed by atoms with E-state index >= 15 is 0 Å². The summed E-state index contributed by atoms with van der Waals surface area (Å²) in [4.78, 5) is 22.0. The lowest BCUT2D eigenvalue weighted by atomic mass is 10.1. The van der Waals surface area contributed by atoms with Crippen molar-refractivity contribution in [3.05, 3.63) is 0 Å². The summed E-state index contributed by atoms with van der Waals surface area (Å²) in [5.41, 5.74) is 0. The van der Waals surface area contributed by atoms with Gasteiger partial charge in [0.2, 0.25) is 0 Å². The Kier molecular flexibility index (Phi) is 5.92. The Hall–Kier alpha value is -1.06. The van der Waals surface area contributed by atoms with Crippen LogP contribution in [0.5, 0.6) is 0 Å². The highest BCUT2D eigenvalue weighted by Gasteiger charge is 2.23. The fourth-order valence-electron chi connectivity index (χ4n) is 1.06. The molecule has 0 aliphatic rings. The highest BCUT2D eigenvalue weighted by molar-refractivity contribution is 5.78. The van der Waals surface area contributed by atoms with E-state index in [9.17, 15) is 9.59 Å². The number of hydrogen-bond acceptors (Lipinski definition) is 4. The average molecular weight is 202 g/mol. The Labute approximate surface area is 84.6 Å². The van der Waals surface area contributed by atoms with Crippen LogP contribution in [0.25, 0.3) is 0 Å². The van der Waals surface area contributed by atoms with Gasteiger partial charge in [-0.1, -0.05) is 13.8 Å². The summed E-state index contributed by atoms with van der Waals surface area (Å²) < 4.78 is 9.65. The van der Waals surface area contributed by atoms with E-state index in [2.05, 4.69) is 0 Å². The van der Waals surface area contributed by atoms with Gasteiger partial charge in [0.05, 0.1) is 6.61 Å². The zero-order valence-electron chi connectivity index (χ0n) is 9.20. The molecule has 0 saturated carbocycles. The Morgan fingerprint density at radius 1 is 1.29 bits per heavy atom. The molecule has 0 radical (unpaired) electrons. The molecule has 0 aromatic carbocycles. The molecule has 0 fully saturated rings. The van der Waals surface area contributed by atoms with Crippen LogP contribution in [-0.2, 0) is 19.1 Å². The molecule has 4 heteroatoms. The smallest absolute Gasteiger partial charge is 0.347 e. The van der Waals surface area contributed by atoms with E-state index in [-0.39, 0.29) is 5.92 Å². The van der Waals surface area contributed by atoms with Crippen molar-refractivity contribution < 1.29 is 19.1 Å². The number of carbonyl (C=O) groups excluding carboxylic acids is 2. The van der Waals surface area contributed by atoms with Crippen molar-refractivity contribution in [1.29, 1.82) is 0 Å². The number of hydrogen-bond donors (Lipinski definition) is 0. The van der Waals surface area contributed by atoms with Crippen molar-refractivity contribution in [2.45, 2.75) is 40.2 Å². The first-order chi connectivity index (χ1) is 6.47. The first-order valence-electron chi connectivity index (χ1n) is 4.81. The van der Waals surface area contributed by atoms with Gasteiger partial charge in [0.15, 0.2) is 6.10 Å². The van der Waals surface area contributed by atoms with Gasteiger partial charge in [-0.2, -0.15) is 0 Å². The minimum Gasteiger partial charge on any atom is -0.463 e.